The fourth-order valence-electron chi connectivity index (χ4n) is 3.56. The molecule has 1 heterocycles. The van der Waals surface area contributed by atoms with E-state index in [-0.39, 0.29) is 5.91 Å². The number of amides is 1. The van der Waals surface area contributed by atoms with E-state index in [2.05, 4.69) is 0 Å². The van der Waals surface area contributed by atoms with Gasteiger partial charge in [-0.3, -0.25) is 4.79 Å². The number of benzene rings is 2. The van der Waals surface area contributed by atoms with Crippen LogP contribution in [0.25, 0.3) is 0 Å². The first-order valence-electron chi connectivity index (χ1n) is 8.80. The number of fused-ring (bicyclic) bond motifs is 1. The minimum Gasteiger partial charge on any atom is -0.496 e. The smallest absolute Gasteiger partial charge is 0.341 e. The van der Waals surface area contributed by atoms with E-state index >= 15 is 0 Å². The molecule has 142 valence electrons. The summed E-state index contributed by atoms with van der Waals surface area (Å²) in [6.45, 7) is 4.40. The number of carboxylic acids is 1. The first kappa shape index (κ1) is 18.8. The number of hydrogen-bond acceptors (Lipinski definition) is 4. The van der Waals surface area contributed by atoms with Gasteiger partial charge in [0.1, 0.15) is 11.5 Å². The van der Waals surface area contributed by atoms with Gasteiger partial charge in [0.25, 0.3) is 5.91 Å². The van der Waals surface area contributed by atoms with Crippen molar-refractivity contribution in [2.75, 3.05) is 20.3 Å². The van der Waals surface area contributed by atoms with Gasteiger partial charge in [-0.05, 0) is 55.2 Å². The van der Waals surface area contributed by atoms with E-state index in [0.29, 0.717) is 24.4 Å². The summed E-state index contributed by atoms with van der Waals surface area (Å²) in [4.78, 5) is 25.6. The standard InChI is InChI=1S/C21H23NO5/c1-13-9-16(10-14(2)20(13)27-12-19(23)24)21(25)22-8-7-17-15(11-22)5-4-6-18(17)26-3/h4-6,9-10H,7-8,11-12H2,1-3H3,(H,23,24). The van der Waals surface area contributed by atoms with E-state index in [9.17, 15) is 9.59 Å². The van der Waals surface area contributed by atoms with E-state index < -0.39 is 12.6 Å². The molecule has 0 saturated carbocycles. The molecule has 1 aliphatic rings. The van der Waals surface area contributed by atoms with Gasteiger partial charge < -0.3 is 19.5 Å². The Morgan fingerprint density at radius 1 is 1.19 bits per heavy atom. The molecule has 0 bridgehead atoms. The summed E-state index contributed by atoms with van der Waals surface area (Å²) in [6.07, 6.45) is 0.753. The second-order valence-electron chi connectivity index (χ2n) is 6.70. The van der Waals surface area contributed by atoms with Crippen molar-refractivity contribution in [3.05, 3.63) is 58.1 Å². The molecular formula is C21H23NO5. The zero-order chi connectivity index (χ0) is 19.6. The zero-order valence-electron chi connectivity index (χ0n) is 15.7. The quantitative estimate of drug-likeness (QED) is 0.877. The summed E-state index contributed by atoms with van der Waals surface area (Å²) in [6, 6.07) is 9.42. The molecule has 1 N–H and O–H groups in total. The van der Waals surface area contributed by atoms with E-state index in [1.807, 2.05) is 36.9 Å². The van der Waals surface area contributed by atoms with Crippen LogP contribution in [0.1, 0.15) is 32.6 Å². The Bertz CT molecular complexity index is 867. The van der Waals surface area contributed by atoms with Crippen LogP contribution in [-0.2, 0) is 17.8 Å². The monoisotopic (exact) mass is 369 g/mol. The lowest BCUT2D eigenvalue weighted by Crippen LogP contribution is -2.36. The Morgan fingerprint density at radius 2 is 1.89 bits per heavy atom. The Hall–Kier alpha value is -3.02. The Labute approximate surface area is 158 Å². The maximum Gasteiger partial charge on any atom is 0.341 e. The normalized spacial score (nSPS) is 13.1. The zero-order valence-corrected chi connectivity index (χ0v) is 15.7. The molecule has 6 heteroatoms. The number of aryl methyl sites for hydroxylation is 2. The Kier molecular flexibility index (Phi) is 5.35. The van der Waals surface area contributed by atoms with Gasteiger partial charge in [0.05, 0.1) is 7.11 Å². The molecule has 0 unspecified atom stereocenters. The van der Waals surface area contributed by atoms with E-state index in [4.69, 9.17) is 14.6 Å². The fourth-order valence-corrected chi connectivity index (χ4v) is 3.56. The highest BCUT2D eigenvalue weighted by atomic mass is 16.5. The summed E-state index contributed by atoms with van der Waals surface area (Å²) in [5, 5.41) is 8.79. The summed E-state index contributed by atoms with van der Waals surface area (Å²) in [5.41, 5.74) is 4.34. The molecule has 6 nitrogen and oxygen atoms in total. The molecule has 27 heavy (non-hydrogen) atoms. The molecule has 2 aromatic rings. The minimum absolute atomic E-state index is 0.0422. The summed E-state index contributed by atoms with van der Waals surface area (Å²) >= 11 is 0. The van der Waals surface area contributed by atoms with Crippen LogP contribution >= 0.6 is 0 Å². The molecule has 3 rings (SSSR count). The van der Waals surface area contributed by atoms with Gasteiger partial charge in [0, 0.05) is 24.2 Å². The molecule has 1 aliphatic heterocycles. The number of rotatable bonds is 5. The van der Waals surface area contributed by atoms with Crippen LogP contribution in [0, 0.1) is 13.8 Å². The highest BCUT2D eigenvalue weighted by Gasteiger charge is 2.24. The topological polar surface area (TPSA) is 76.1 Å². The summed E-state index contributed by atoms with van der Waals surface area (Å²) < 4.78 is 10.8. The fraction of sp³-hybridized carbons (Fsp3) is 0.333. The van der Waals surface area contributed by atoms with Gasteiger partial charge >= 0.3 is 5.97 Å². The molecule has 0 atom stereocenters. The Balaban J connectivity index is 1.81. The molecule has 2 aromatic carbocycles. The molecule has 0 saturated heterocycles. The predicted octanol–water partition coefficient (Wildman–Crippen LogP) is 2.97. The van der Waals surface area contributed by atoms with Crippen molar-refractivity contribution in [1.29, 1.82) is 0 Å². The maximum atomic E-state index is 13.0. The minimum atomic E-state index is -1.03. The van der Waals surface area contributed by atoms with Crippen LogP contribution in [0.15, 0.2) is 30.3 Å². The van der Waals surface area contributed by atoms with Crippen LogP contribution in [0.2, 0.25) is 0 Å². The number of carbonyl (C=O) groups excluding carboxylic acids is 1. The molecule has 1 amide bonds. The van der Waals surface area contributed by atoms with Gasteiger partial charge in [-0.1, -0.05) is 12.1 Å². The number of carbonyl (C=O) groups is 2. The van der Waals surface area contributed by atoms with Crippen molar-refractivity contribution in [3.8, 4) is 11.5 Å². The van der Waals surface area contributed by atoms with E-state index in [1.54, 1.807) is 19.2 Å². The maximum absolute atomic E-state index is 13.0. The van der Waals surface area contributed by atoms with Gasteiger partial charge in [0.2, 0.25) is 0 Å². The molecular weight excluding hydrogens is 346 g/mol. The number of aliphatic carboxylic acids is 1. The van der Waals surface area contributed by atoms with Crippen molar-refractivity contribution in [1.82, 2.24) is 4.90 Å². The van der Waals surface area contributed by atoms with Gasteiger partial charge in [-0.15, -0.1) is 0 Å². The molecule has 0 aliphatic carbocycles. The lowest BCUT2D eigenvalue weighted by Gasteiger charge is -2.30. The summed E-state index contributed by atoms with van der Waals surface area (Å²) in [7, 11) is 1.66. The largest absolute Gasteiger partial charge is 0.496 e. The van der Waals surface area contributed by atoms with Crippen molar-refractivity contribution in [2.24, 2.45) is 0 Å². The predicted molar refractivity (Wildman–Crippen MR) is 100 cm³/mol. The first-order chi connectivity index (χ1) is 12.9. The van der Waals surface area contributed by atoms with Crippen LogP contribution in [-0.4, -0.2) is 42.1 Å². The third-order valence-corrected chi connectivity index (χ3v) is 4.78. The highest BCUT2D eigenvalue weighted by molar-refractivity contribution is 5.95. The van der Waals surface area contributed by atoms with Crippen LogP contribution in [0.5, 0.6) is 11.5 Å². The average molecular weight is 369 g/mol. The van der Waals surface area contributed by atoms with Crippen molar-refractivity contribution >= 4 is 11.9 Å². The first-order valence-corrected chi connectivity index (χ1v) is 8.80. The second kappa shape index (κ2) is 7.70. The van der Waals surface area contributed by atoms with Gasteiger partial charge in [-0.2, -0.15) is 0 Å². The summed E-state index contributed by atoms with van der Waals surface area (Å²) in [5.74, 6) is 0.310. The molecule has 0 spiro atoms. The number of ether oxygens (including phenoxy) is 2. The van der Waals surface area contributed by atoms with Crippen molar-refractivity contribution in [2.45, 2.75) is 26.8 Å². The lowest BCUT2D eigenvalue weighted by atomic mass is 9.97. The highest BCUT2D eigenvalue weighted by Crippen LogP contribution is 2.30. The van der Waals surface area contributed by atoms with Crippen molar-refractivity contribution < 1.29 is 24.2 Å². The SMILES string of the molecule is COc1cccc2c1CCN(C(=O)c1cc(C)c(OCC(=O)O)c(C)c1)C2. The molecule has 0 fully saturated rings. The number of carboxylic acid groups (broad SMARTS) is 1. The third kappa shape index (κ3) is 3.89. The van der Waals surface area contributed by atoms with Crippen LogP contribution in [0.3, 0.4) is 0 Å². The van der Waals surface area contributed by atoms with Crippen molar-refractivity contribution in [3.63, 3.8) is 0 Å². The number of methoxy groups -OCH3 is 1. The third-order valence-electron chi connectivity index (χ3n) is 4.78. The van der Waals surface area contributed by atoms with Gasteiger partial charge in [-0.25, -0.2) is 4.79 Å². The lowest BCUT2D eigenvalue weighted by molar-refractivity contribution is -0.139. The van der Waals surface area contributed by atoms with E-state index in [1.165, 1.54) is 0 Å². The van der Waals surface area contributed by atoms with Crippen LogP contribution in [0.4, 0.5) is 0 Å². The average Bonchev–Trinajstić information content (AvgIpc) is 2.65. The molecule has 0 radical (unpaired) electrons. The van der Waals surface area contributed by atoms with Gasteiger partial charge in [0.15, 0.2) is 6.61 Å². The van der Waals surface area contributed by atoms with Crippen LogP contribution < -0.4 is 9.47 Å². The second-order valence-corrected chi connectivity index (χ2v) is 6.70. The van der Waals surface area contributed by atoms with E-state index in [0.717, 1.165) is 34.4 Å². The molecule has 0 aromatic heterocycles. The number of nitrogens with zero attached hydrogens (tertiary/aromatic N) is 1. The Morgan fingerprint density at radius 3 is 2.52 bits per heavy atom. The number of hydrogen-bond donors (Lipinski definition) is 1.